The maximum Gasteiger partial charge on any atom is 0.277 e. The van der Waals surface area contributed by atoms with E-state index in [1.165, 1.54) is 16.2 Å². The number of nitrogens with one attached hydrogen (secondary N) is 1. The van der Waals surface area contributed by atoms with E-state index in [4.69, 9.17) is 5.73 Å². The molecule has 3 N–H and O–H groups in total. The summed E-state index contributed by atoms with van der Waals surface area (Å²) in [6, 6.07) is 3.76. The van der Waals surface area contributed by atoms with Crippen LogP contribution in [-0.4, -0.2) is 21.9 Å². The molecule has 1 amide bonds. The standard InChI is InChI=1S/C13H13BrN4OS/c14-8-2-1-5-16-11(8)12(19)18-13-17-9-4-3-7(15)6-10(9)20-13/h1-2,5,7H,3-4,6,15H2,(H,17,18,19)/t7-/m0/s1. The molecule has 104 valence electrons. The maximum absolute atomic E-state index is 12.2. The molecule has 5 nitrogen and oxygen atoms in total. The van der Waals surface area contributed by atoms with Gasteiger partial charge >= 0.3 is 0 Å². The number of carbonyl (C=O) groups excluding carboxylic acids is 1. The van der Waals surface area contributed by atoms with E-state index in [1.807, 2.05) is 0 Å². The zero-order chi connectivity index (χ0) is 14.1. The molecule has 0 fully saturated rings. The summed E-state index contributed by atoms with van der Waals surface area (Å²) >= 11 is 4.82. The molecule has 0 aromatic carbocycles. The average Bonchev–Trinajstić information content (AvgIpc) is 2.80. The molecule has 7 heteroatoms. The summed E-state index contributed by atoms with van der Waals surface area (Å²) < 4.78 is 0.667. The summed E-state index contributed by atoms with van der Waals surface area (Å²) in [6.07, 6.45) is 4.27. The predicted molar refractivity (Wildman–Crippen MR) is 82.0 cm³/mol. The number of anilines is 1. The molecule has 0 saturated heterocycles. The van der Waals surface area contributed by atoms with Gasteiger partial charge in [-0.2, -0.15) is 0 Å². The Kier molecular flexibility index (Phi) is 3.82. The van der Waals surface area contributed by atoms with Gasteiger partial charge in [-0.1, -0.05) is 0 Å². The van der Waals surface area contributed by atoms with Crippen LogP contribution in [-0.2, 0) is 12.8 Å². The van der Waals surface area contributed by atoms with Crippen molar-refractivity contribution in [3.05, 3.63) is 39.1 Å². The van der Waals surface area contributed by atoms with Crippen molar-refractivity contribution in [3.8, 4) is 0 Å². The van der Waals surface area contributed by atoms with Crippen molar-refractivity contribution in [2.45, 2.75) is 25.3 Å². The van der Waals surface area contributed by atoms with Gasteiger partial charge in [0.05, 0.1) is 5.69 Å². The highest BCUT2D eigenvalue weighted by Gasteiger charge is 2.21. The summed E-state index contributed by atoms with van der Waals surface area (Å²) in [4.78, 5) is 21.9. The summed E-state index contributed by atoms with van der Waals surface area (Å²) in [7, 11) is 0. The Bertz CT molecular complexity index is 658. The number of halogens is 1. The highest BCUT2D eigenvalue weighted by molar-refractivity contribution is 9.10. The van der Waals surface area contributed by atoms with Gasteiger partial charge in [-0.15, -0.1) is 11.3 Å². The number of hydrogen-bond acceptors (Lipinski definition) is 5. The van der Waals surface area contributed by atoms with Gasteiger partial charge in [0.1, 0.15) is 5.69 Å². The first-order valence-corrected chi connectivity index (χ1v) is 7.90. The summed E-state index contributed by atoms with van der Waals surface area (Å²) in [5.74, 6) is -0.257. The Morgan fingerprint density at radius 1 is 1.55 bits per heavy atom. The first kappa shape index (κ1) is 13.7. The lowest BCUT2D eigenvalue weighted by Gasteiger charge is -2.15. The lowest BCUT2D eigenvalue weighted by atomic mass is 9.99. The number of aryl methyl sites for hydroxylation is 1. The number of amides is 1. The quantitative estimate of drug-likeness (QED) is 0.869. The first-order chi connectivity index (χ1) is 9.63. The molecule has 0 spiro atoms. The van der Waals surface area contributed by atoms with Crippen LogP contribution in [0.5, 0.6) is 0 Å². The smallest absolute Gasteiger partial charge is 0.277 e. The second kappa shape index (κ2) is 5.59. The van der Waals surface area contributed by atoms with Crippen molar-refractivity contribution in [3.63, 3.8) is 0 Å². The van der Waals surface area contributed by atoms with Gasteiger partial charge in [0.15, 0.2) is 5.13 Å². The summed E-state index contributed by atoms with van der Waals surface area (Å²) in [5, 5.41) is 3.42. The maximum atomic E-state index is 12.2. The Morgan fingerprint density at radius 2 is 2.40 bits per heavy atom. The lowest BCUT2D eigenvalue weighted by Crippen LogP contribution is -2.27. The van der Waals surface area contributed by atoms with Gasteiger partial charge in [0.25, 0.3) is 5.91 Å². The fourth-order valence-electron chi connectivity index (χ4n) is 2.16. The molecule has 0 bridgehead atoms. The van der Waals surface area contributed by atoms with E-state index in [0.29, 0.717) is 15.3 Å². The van der Waals surface area contributed by atoms with Crippen LogP contribution in [0.4, 0.5) is 5.13 Å². The van der Waals surface area contributed by atoms with E-state index in [9.17, 15) is 4.79 Å². The van der Waals surface area contributed by atoms with E-state index in [1.54, 1.807) is 18.3 Å². The molecule has 2 heterocycles. The molecule has 2 aromatic rings. The van der Waals surface area contributed by atoms with Gasteiger partial charge in [-0.25, -0.2) is 9.97 Å². The van der Waals surface area contributed by atoms with Crippen molar-refractivity contribution in [2.24, 2.45) is 5.73 Å². The minimum Gasteiger partial charge on any atom is -0.327 e. The van der Waals surface area contributed by atoms with E-state index < -0.39 is 0 Å². The molecule has 1 aliphatic carbocycles. The topological polar surface area (TPSA) is 80.9 Å². The van der Waals surface area contributed by atoms with Crippen molar-refractivity contribution >= 4 is 38.3 Å². The number of carbonyl (C=O) groups is 1. The minimum absolute atomic E-state index is 0.205. The third-order valence-electron chi connectivity index (χ3n) is 3.17. The van der Waals surface area contributed by atoms with Crippen LogP contribution in [0, 0.1) is 0 Å². The highest BCUT2D eigenvalue weighted by atomic mass is 79.9. The molecular formula is C13H13BrN4OS. The monoisotopic (exact) mass is 352 g/mol. The van der Waals surface area contributed by atoms with E-state index in [0.717, 1.165) is 25.0 Å². The van der Waals surface area contributed by atoms with Crippen molar-refractivity contribution < 1.29 is 4.79 Å². The number of aromatic nitrogens is 2. The van der Waals surface area contributed by atoms with Gasteiger partial charge in [0.2, 0.25) is 0 Å². The van der Waals surface area contributed by atoms with Crippen LogP contribution in [0.3, 0.4) is 0 Å². The molecule has 1 atom stereocenters. The number of fused-ring (bicyclic) bond motifs is 1. The van der Waals surface area contributed by atoms with Gasteiger partial charge < -0.3 is 5.73 Å². The molecule has 0 saturated carbocycles. The molecule has 2 aromatic heterocycles. The summed E-state index contributed by atoms with van der Waals surface area (Å²) in [6.45, 7) is 0. The number of rotatable bonds is 2. The number of thiazole rings is 1. The molecule has 0 radical (unpaired) electrons. The van der Waals surface area contributed by atoms with Crippen LogP contribution in [0.15, 0.2) is 22.8 Å². The van der Waals surface area contributed by atoms with Crippen molar-refractivity contribution in [2.75, 3.05) is 5.32 Å². The number of nitrogens with zero attached hydrogens (tertiary/aromatic N) is 2. The Hall–Kier alpha value is -1.31. The average molecular weight is 353 g/mol. The number of hydrogen-bond donors (Lipinski definition) is 2. The number of nitrogens with two attached hydrogens (primary N) is 1. The zero-order valence-electron chi connectivity index (χ0n) is 10.6. The normalized spacial score (nSPS) is 17.6. The van der Waals surface area contributed by atoms with Crippen LogP contribution in [0.25, 0.3) is 0 Å². The van der Waals surface area contributed by atoms with E-state index in [2.05, 4.69) is 31.2 Å². The highest BCUT2D eigenvalue weighted by Crippen LogP contribution is 2.29. The van der Waals surface area contributed by atoms with Gasteiger partial charge in [-0.3, -0.25) is 10.1 Å². The Labute approximate surface area is 128 Å². The second-order valence-corrected chi connectivity index (χ2v) is 6.62. The first-order valence-electron chi connectivity index (χ1n) is 6.29. The fraction of sp³-hybridized carbons (Fsp3) is 0.308. The van der Waals surface area contributed by atoms with Crippen molar-refractivity contribution in [1.29, 1.82) is 0 Å². The van der Waals surface area contributed by atoms with Crippen LogP contribution >= 0.6 is 27.3 Å². The van der Waals surface area contributed by atoms with Crippen molar-refractivity contribution in [1.82, 2.24) is 9.97 Å². The second-order valence-electron chi connectivity index (χ2n) is 4.68. The minimum atomic E-state index is -0.257. The van der Waals surface area contributed by atoms with Crippen LogP contribution in [0.2, 0.25) is 0 Å². The molecule has 1 aliphatic rings. The fourth-order valence-corrected chi connectivity index (χ4v) is 3.69. The third kappa shape index (κ3) is 2.74. The Morgan fingerprint density at radius 3 is 3.20 bits per heavy atom. The number of pyridine rings is 1. The van der Waals surface area contributed by atoms with Gasteiger partial charge in [0, 0.05) is 21.6 Å². The molecule has 20 heavy (non-hydrogen) atoms. The summed E-state index contributed by atoms with van der Waals surface area (Å²) in [5.41, 5.74) is 7.37. The SMILES string of the molecule is N[C@H]1CCc2nc(NC(=O)c3ncccc3Br)sc2C1. The van der Waals surface area contributed by atoms with E-state index in [-0.39, 0.29) is 11.9 Å². The van der Waals surface area contributed by atoms with Gasteiger partial charge in [-0.05, 0) is 47.3 Å². The largest absolute Gasteiger partial charge is 0.327 e. The third-order valence-corrected chi connectivity index (χ3v) is 4.85. The molecule has 0 aliphatic heterocycles. The van der Waals surface area contributed by atoms with Crippen LogP contribution < -0.4 is 11.1 Å². The molecular weight excluding hydrogens is 340 g/mol. The molecule has 0 unspecified atom stereocenters. The molecule has 3 rings (SSSR count). The zero-order valence-corrected chi connectivity index (χ0v) is 13.0. The lowest BCUT2D eigenvalue weighted by molar-refractivity contribution is 0.102. The predicted octanol–water partition coefficient (Wildman–Crippen LogP) is 2.37. The Balaban J connectivity index is 1.79. The van der Waals surface area contributed by atoms with E-state index >= 15 is 0 Å². The van der Waals surface area contributed by atoms with Crippen LogP contribution in [0.1, 0.15) is 27.5 Å².